The zero-order valence-electron chi connectivity index (χ0n) is 10.3. The van der Waals surface area contributed by atoms with Gasteiger partial charge in [0.25, 0.3) is 0 Å². The topological polar surface area (TPSA) is 34.9 Å². The zero-order valence-corrected chi connectivity index (χ0v) is 10.3. The molecule has 2 rings (SSSR count). The Labute approximate surface area is 96.2 Å². The number of hydrogen-bond donors (Lipinski definition) is 0. The van der Waals surface area contributed by atoms with Crippen LogP contribution in [-0.2, 0) is 4.79 Å². The average molecular weight is 218 g/mol. The summed E-state index contributed by atoms with van der Waals surface area (Å²) in [5.74, 6) is 0.211. The van der Waals surface area contributed by atoms with Gasteiger partial charge in [-0.3, -0.25) is 9.48 Å². The molecule has 1 aromatic heterocycles. The van der Waals surface area contributed by atoms with E-state index in [0.29, 0.717) is 6.42 Å². The van der Waals surface area contributed by atoms with E-state index in [-0.39, 0.29) is 17.2 Å². The molecule has 0 fully saturated rings. The summed E-state index contributed by atoms with van der Waals surface area (Å²) in [6.45, 7) is 8.29. The van der Waals surface area contributed by atoms with Crippen molar-refractivity contribution in [1.29, 1.82) is 0 Å². The number of aryl methyl sites for hydroxylation is 2. The van der Waals surface area contributed by atoms with Gasteiger partial charge in [-0.1, -0.05) is 19.9 Å². The molecule has 0 aromatic carbocycles. The van der Waals surface area contributed by atoms with E-state index in [9.17, 15) is 4.79 Å². The summed E-state index contributed by atoms with van der Waals surface area (Å²) in [5, 5.41) is 4.51. The van der Waals surface area contributed by atoms with E-state index < -0.39 is 0 Å². The molecule has 0 saturated heterocycles. The third-order valence-corrected chi connectivity index (χ3v) is 3.20. The summed E-state index contributed by atoms with van der Waals surface area (Å²) in [6.07, 6.45) is 4.25. The molecule has 16 heavy (non-hydrogen) atoms. The summed E-state index contributed by atoms with van der Waals surface area (Å²) in [5.41, 5.74) is 2.11. The van der Waals surface area contributed by atoms with Crippen molar-refractivity contribution in [2.45, 2.75) is 40.2 Å². The van der Waals surface area contributed by atoms with Crippen LogP contribution in [0, 0.1) is 19.3 Å². The second-order valence-corrected chi connectivity index (χ2v) is 5.31. The van der Waals surface area contributed by atoms with Gasteiger partial charge in [0.15, 0.2) is 5.78 Å². The van der Waals surface area contributed by atoms with Crippen molar-refractivity contribution in [3.8, 4) is 0 Å². The summed E-state index contributed by atoms with van der Waals surface area (Å²) in [4.78, 5) is 11.4. The second-order valence-electron chi connectivity index (χ2n) is 5.31. The molecule has 86 valence electrons. The fraction of sp³-hybridized carbons (Fsp3) is 0.538. The van der Waals surface area contributed by atoms with Crippen LogP contribution in [0.5, 0.6) is 0 Å². The Morgan fingerprint density at radius 3 is 2.62 bits per heavy atom. The second kappa shape index (κ2) is 3.58. The number of allylic oxidation sites excluding steroid dienone is 2. The van der Waals surface area contributed by atoms with Crippen molar-refractivity contribution in [3.63, 3.8) is 0 Å². The fourth-order valence-electron chi connectivity index (χ4n) is 2.41. The lowest BCUT2D eigenvalue weighted by Crippen LogP contribution is -2.32. The Morgan fingerprint density at radius 1 is 1.44 bits per heavy atom. The van der Waals surface area contributed by atoms with Gasteiger partial charge in [0.05, 0.1) is 11.7 Å². The first kappa shape index (κ1) is 11.1. The third-order valence-electron chi connectivity index (χ3n) is 3.20. The van der Waals surface area contributed by atoms with E-state index in [0.717, 1.165) is 11.4 Å². The van der Waals surface area contributed by atoms with Crippen LogP contribution in [0.4, 0.5) is 0 Å². The highest BCUT2D eigenvalue weighted by Gasteiger charge is 2.35. The molecule has 0 amide bonds. The normalized spacial score (nSPS) is 23.8. The Balaban J connectivity index is 2.44. The first-order valence-corrected chi connectivity index (χ1v) is 5.64. The number of carbonyl (C=O) groups is 1. The summed E-state index contributed by atoms with van der Waals surface area (Å²) in [7, 11) is 0. The average Bonchev–Trinajstić information content (AvgIpc) is 2.43. The molecule has 0 aliphatic heterocycles. The number of ketones is 1. The van der Waals surface area contributed by atoms with Crippen molar-refractivity contribution in [3.05, 3.63) is 29.6 Å². The van der Waals surface area contributed by atoms with Crippen molar-refractivity contribution < 1.29 is 4.79 Å². The molecule has 1 aliphatic carbocycles. The molecule has 3 heteroatoms. The SMILES string of the molecule is Cc1cc(C)n([C@H]2C=CC(=O)CC2(C)C)n1. The van der Waals surface area contributed by atoms with Crippen molar-refractivity contribution >= 4 is 5.78 Å². The lowest BCUT2D eigenvalue weighted by molar-refractivity contribution is -0.117. The summed E-state index contributed by atoms with van der Waals surface area (Å²) >= 11 is 0. The minimum absolute atomic E-state index is 0.0605. The minimum Gasteiger partial charge on any atom is -0.295 e. The molecule has 1 atom stereocenters. The van der Waals surface area contributed by atoms with Gasteiger partial charge in [-0.15, -0.1) is 0 Å². The van der Waals surface area contributed by atoms with Crippen LogP contribution in [0.2, 0.25) is 0 Å². The third kappa shape index (κ3) is 1.82. The van der Waals surface area contributed by atoms with Gasteiger partial charge in [0, 0.05) is 12.1 Å². The minimum atomic E-state index is -0.0605. The molecular weight excluding hydrogens is 200 g/mol. The van der Waals surface area contributed by atoms with Crippen LogP contribution in [0.25, 0.3) is 0 Å². The Morgan fingerprint density at radius 2 is 2.12 bits per heavy atom. The summed E-state index contributed by atoms with van der Waals surface area (Å²) in [6, 6.07) is 2.25. The molecule has 1 aromatic rings. The molecule has 0 spiro atoms. The lowest BCUT2D eigenvalue weighted by atomic mass is 9.76. The molecule has 0 unspecified atom stereocenters. The Bertz CT molecular complexity index is 454. The van der Waals surface area contributed by atoms with Crippen LogP contribution in [0.15, 0.2) is 18.2 Å². The fourth-order valence-corrected chi connectivity index (χ4v) is 2.41. The van der Waals surface area contributed by atoms with E-state index in [1.807, 2.05) is 17.7 Å². The maximum Gasteiger partial charge on any atom is 0.156 e. The largest absolute Gasteiger partial charge is 0.295 e. The standard InChI is InChI=1S/C13H18N2O/c1-9-7-10(2)15(14-9)12-6-5-11(16)8-13(12,3)4/h5-7,12H,8H2,1-4H3/t12-/m0/s1. The summed E-state index contributed by atoms with van der Waals surface area (Å²) < 4.78 is 2.03. The predicted octanol–water partition coefficient (Wildman–Crippen LogP) is 2.60. The number of carbonyl (C=O) groups excluding carboxylic acids is 1. The molecule has 0 N–H and O–H groups in total. The molecule has 1 heterocycles. The van der Waals surface area contributed by atoms with Gasteiger partial charge in [-0.2, -0.15) is 5.10 Å². The number of hydrogen-bond acceptors (Lipinski definition) is 2. The molecular formula is C13H18N2O. The number of aromatic nitrogens is 2. The molecule has 0 radical (unpaired) electrons. The van der Waals surface area contributed by atoms with Crippen molar-refractivity contribution in [2.75, 3.05) is 0 Å². The highest BCUT2D eigenvalue weighted by atomic mass is 16.1. The molecule has 0 saturated carbocycles. The lowest BCUT2D eigenvalue weighted by Gasteiger charge is -2.35. The smallest absolute Gasteiger partial charge is 0.156 e. The first-order valence-electron chi connectivity index (χ1n) is 5.64. The Hall–Kier alpha value is -1.38. The van der Waals surface area contributed by atoms with Gasteiger partial charge < -0.3 is 0 Å². The Kier molecular flexibility index (Phi) is 2.49. The zero-order chi connectivity index (χ0) is 11.9. The van der Waals surface area contributed by atoms with Crippen molar-refractivity contribution in [2.24, 2.45) is 5.41 Å². The van der Waals surface area contributed by atoms with Crippen molar-refractivity contribution in [1.82, 2.24) is 9.78 Å². The van der Waals surface area contributed by atoms with E-state index in [2.05, 4.69) is 31.9 Å². The number of nitrogens with zero attached hydrogens (tertiary/aromatic N) is 2. The highest BCUT2D eigenvalue weighted by molar-refractivity contribution is 5.91. The quantitative estimate of drug-likeness (QED) is 0.726. The van der Waals surface area contributed by atoms with Gasteiger partial charge in [0.2, 0.25) is 0 Å². The predicted molar refractivity (Wildman–Crippen MR) is 63.3 cm³/mol. The van der Waals surface area contributed by atoms with Gasteiger partial charge in [-0.05, 0) is 31.4 Å². The van der Waals surface area contributed by atoms with Gasteiger partial charge in [0.1, 0.15) is 0 Å². The molecule has 0 bridgehead atoms. The van der Waals surface area contributed by atoms with Gasteiger partial charge >= 0.3 is 0 Å². The molecule has 1 aliphatic rings. The highest BCUT2D eigenvalue weighted by Crippen LogP contribution is 2.39. The van der Waals surface area contributed by atoms with Crippen LogP contribution in [0.3, 0.4) is 0 Å². The van der Waals surface area contributed by atoms with Crippen LogP contribution < -0.4 is 0 Å². The van der Waals surface area contributed by atoms with Crippen LogP contribution in [0.1, 0.15) is 37.7 Å². The van der Waals surface area contributed by atoms with E-state index in [4.69, 9.17) is 0 Å². The van der Waals surface area contributed by atoms with Gasteiger partial charge in [-0.25, -0.2) is 0 Å². The maximum absolute atomic E-state index is 11.4. The van der Waals surface area contributed by atoms with E-state index in [1.54, 1.807) is 6.08 Å². The number of rotatable bonds is 1. The van der Waals surface area contributed by atoms with E-state index >= 15 is 0 Å². The maximum atomic E-state index is 11.4. The monoisotopic (exact) mass is 218 g/mol. The molecule has 3 nitrogen and oxygen atoms in total. The first-order chi connectivity index (χ1) is 7.40. The van der Waals surface area contributed by atoms with Crippen LogP contribution in [-0.4, -0.2) is 15.6 Å². The van der Waals surface area contributed by atoms with E-state index in [1.165, 1.54) is 0 Å². The van der Waals surface area contributed by atoms with Crippen LogP contribution >= 0.6 is 0 Å².